The summed E-state index contributed by atoms with van der Waals surface area (Å²) in [5, 5.41) is 0. The van der Waals surface area contributed by atoms with E-state index in [9.17, 15) is 0 Å². The minimum Gasteiger partial charge on any atom is -0.264 e. The van der Waals surface area contributed by atoms with Gasteiger partial charge in [-0.25, -0.2) is 9.13 Å². The van der Waals surface area contributed by atoms with E-state index in [0.717, 1.165) is 12.1 Å². The van der Waals surface area contributed by atoms with E-state index in [-0.39, 0.29) is 0 Å². The molecule has 0 aromatic carbocycles. The van der Waals surface area contributed by atoms with Gasteiger partial charge in [0.15, 0.2) is 0 Å². The van der Waals surface area contributed by atoms with Crippen molar-refractivity contribution < 1.29 is 4.57 Å². The van der Waals surface area contributed by atoms with Gasteiger partial charge in [0.2, 0.25) is 10.3 Å². The molecular formula is C15H11N4S+. The number of hydrogen-bond donors (Lipinski definition) is 0. The van der Waals surface area contributed by atoms with E-state index in [1.165, 1.54) is 32.0 Å². The maximum atomic E-state index is 4.58. The minimum absolute atomic E-state index is 0.887. The molecule has 0 bridgehead atoms. The summed E-state index contributed by atoms with van der Waals surface area (Å²) in [6.45, 7) is 0.887. The first kappa shape index (κ1) is 10.5. The van der Waals surface area contributed by atoms with Crippen LogP contribution in [0, 0.1) is 0 Å². The van der Waals surface area contributed by atoms with Crippen LogP contribution in [0.5, 0.6) is 0 Å². The zero-order chi connectivity index (χ0) is 13.3. The summed E-state index contributed by atoms with van der Waals surface area (Å²) >= 11 is 1.81. The Hall–Kier alpha value is -2.27. The second kappa shape index (κ2) is 3.43. The lowest BCUT2D eigenvalue weighted by atomic mass is 10.2. The van der Waals surface area contributed by atoms with Crippen LogP contribution in [0.3, 0.4) is 0 Å². The van der Waals surface area contributed by atoms with E-state index in [2.05, 4.69) is 38.3 Å². The molecule has 0 amide bonds. The summed E-state index contributed by atoms with van der Waals surface area (Å²) in [7, 11) is 2.14. The molecule has 0 unspecified atom stereocenters. The average molecular weight is 279 g/mol. The molecule has 0 spiro atoms. The molecule has 5 rings (SSSR count). The Bertz CT molecular complexity index is 996. The van der Waals surface area contributed by atoms with Crippen molar-refractivity contribution in [2.75, 3.05) is 0 Å². The Kier molecular flexibility index (Phi) is 1.80. The number of hydrogen-bond acceptors (Lipinski definition) is 3. The van der Waals surface area contributed by atoms with E-state index in [0.29, 0.717) is 0 Å². The molecule has 1 aliphatic rings. The van der Waals surface area contributed by atoms with Crippen LogP contribution in [0.15, 0.2) is 36.8 Å². The molecule has 4 aromatic rings. The van der Waals surface area contributed by atoms with E-state index in [4.69, 9.17) is 0 Å². The first-order valence-corrected chi connectivity index (χ1v) is 7.35. The van der Waals surface area contributed by atoms with E-state index >= 15 is 0 Å². The molecule has 0 radical (unpaired) electrons. The Labute approximate surface area is 119 Å². The summed E-state index contributed by atoms with van der Waals surface area (Å²) in [5.41, 5.74) is 4.93. The van der Waals surface area contributed by atoms with Gasteiger partial charge in [-0.2, -0.15) is 0 Å². The van der Waals surface area contributed by atoms with Gasteiger partial charge in [-0.05, 0) is 18.2 Å². The summed E-state index contributed by atoms with van der Waals surface area (Å²) in [5.74, 6) is 1.26. The van der Waals surface area contributed by atoms with Gasteiger partial charge >= 0.3 is 0 Å². The maximum Gasteiger partial charge on any atom is 0.291 e. The number of aryl methyl sites for hydroxylation is 1. The number of fused-ring (bicyclic) bond motifs is 7. The van der Waals surface area contributed by atoms with Crippen molar-refractivity contribution >= 4 is 31.9 Å². The van der Waals surface area contributed by atoms with Crippen molar-refractivity contribution in [2.24, 2.45) is 7.05 Å². The highest BCUT2D eigenvalue weighted by molar-refractivity contribution is 7.25. The largest absolute Gasteiger partial charge is 0.291 e. The zero-order valence-corrected chi connectivity index (χ0v) is 11.7. The molecule has 0 atom stereocenters. The van der Waals surface area contributed by atoms with Crippen LogP contribution >= 0.6 is 11.3 Å². The maximum absolute atomic E-state index is 4.58. The van der Waals surface area contributed by atoms with Crippen LogP contribution in [-0.2, 0) is 13.6 Å². The lowest BCUT2D eigenvalue weighted by Gasteiger charge is -1.93. The predicted octanol–water partition coefficient (Wildman–Crippen LogP) is 2.50. The number of thiophene rings is 1. The Morgan fingerprint density at radius 3 is 3.20 bits per heavy atom. The third kappa shape index (κ3) is 1.10. The second-order valence-electron chi connectivity index (χ2n) is 5.11. The normalized spacial score (nSPS) is 13.1. The van der Waals surface area contributed by atoms with Crippen molar-refractivity contribution in [2.45, 2.75) is 6.54 Å². The minimum atomic E-state index is 0.887. The Morgan fingerprint density at radius 2 is 2.25 bits per heavy atom. The third-order valence-electron chi connectivity index (χ3n) is 4.03. The second-order valence-corrected chi connectivity index (χ2v) is 6.14. The fraction of sp³-hybridized carbons (Fsp3) is 0.133. The molecule has 1 aliphatic heterocycles. The van der Waals surface area contributed by atoms with Crippen LogP contribution in [-0.4, -0.2) is 14.5 Å². The van der Waals surface area contributed by atoms with Gasteiger partial charge in [0.1, 0.15) is 12.1 Å². The predicted molar refractivity (Wildman–Crippen MR) is 78.6 cm³/mol. The van der Waals surface area contributed by atoms with Crippen molar-refractivity contribution in [1.29, 1.82) is 0 Å². The molecular weight excluding hydrogens is 268 g/mol. The molecule has 96 valence electrons. The molecule has 4 nitrogen and oxygen atoms in total. The molecule has 0 fully saturated rings. The Morgan fingerprint density at radius 1 is 1.30 bits per heavy atom. The average Bonchev–Trinajstić information content (AvgIpc) is 3.10. The fourth-order valence-electron chi connectivity index (χ4n) is 3.18. The topological polar surface area (TPSA) is 34.6 Å². The number of aromatic nitrogens is 4. The first-order valence-electron chi connectivity index (χ1n) is 6.53. The quantitative estimate of drug-likeness (QED) is 0.408. The third-order valence-corrected chi connectivity index (χ3v) is 5.23. The smallest absolute Gasteiger partial charge is 0.264 e. The summed E-state index contributed by atoms with van der Waals surface area (Å²) in [4.78, 5) is 10.1. The molecule has 4 aromatic heterocycles. The van der Waals surface area contributed by atoms with E-state index in [1.807, 2.05) is 36.0 Å². The van der Waals surface area contributed by atoms with Gasteiger partial charge in [0, 0.05) is 24.2 Å². The van der Waals surface area contributed by atoms with Crippen LogP contribution in [0.4, 0.5) is 0 Å². The summed E-state index contributed by atoms with van der Waals surface area (Å²) in [6.07, 6.45) is 5.71. The SMILES string of the molecule is C[n+]1c2n(c3c4ncccc4sc31)Cc1cnccc1-2. The lowest BCUT2D eigenvalue weighted by molar-refractivity contribution is -0.631. The van der Waals surface area contributed by atoms with Gasteiger partial charge < -0.3 is 0 Å². The van der Waals surface area contributed by atoms with Gasteiger partial charge in [0.05, 0.1) is 17.3 Å². The molecule has 0 saturated carbocycles. The van der Waals surface area contributed by atoms with Gasteiger partial charge in [-0.1, -0.05) is 11.3 Å². The van der Waals surface area contributed by atoms with Crippen molar-refractivity contribution in [3.63, 3.8) is 0 Å². The first-order chi connectivity index (χ1) is 9.84. The van der Waals surface area contributed by atoms with Gasteiger partial charge in [-0.3, -0.25) is 9.97 Å². The molecule has 0 saturated heterocycles. The van der Waals surface area contributed by atoms with Gasteiger partial charge in [0.25, 0.3) is 5.82 Å². The van der Waals surface area contributed by atoms with E-state index < -0.39 is 0 Å². The highest BCUT2D eigenvalue weighted by Gasteiger charge is 2.35. The molecule has 5 heteroatoms. The number of nitrogens with zero attached hydrogens (tertiary/aromatic N) is 4. The zero-order valence-electron chi connectivity index (χ0n) is 10.9. The Balaban J connectivity index is 1.99. The molecule has 5 heterocycles. The van der Waals surface area contributed by atoms with Crippen molar-refractivity contribution in [3.05, 3.63) is 42.4 Å². The standard InChI is InChI=1S/C15H11N4S/c1-18-14-10-4-6-16-7-9(10)8-19(14)13-12-11(20-15(13)18)3-2-5-17-12/h2-7H,8H2,1H3/q+1. The van der Waals surface area contributed by atoms with Crippen LogP contribution in [0.25, 0.3) is 32.0 Å². The van der Waals surface area contributed by atoms with Crippen LogP contribution in [0.2, 0.25) is 0 Å². The van der Waals surface area contributed by atoms with Crippen LogP contribution in [0.1, 0.15) is 5.56 Å². The highest BCUT2D eigenvalue weighted by atomic mass is 32.1. The summed E-state index contributed by atoms with van der Waals surface area (Å²) < 4.78 is 5.90. The van der Waals surface area contributed by atoms with E-state index in [1.54, 1.807) is 0 Å². The lowest BCUT2D eigenvalue weighted by Crippen LogP contribution is -2.28. The van der Waals surface area contributed by atoms with Crippen molar-refractivity contribution in [1.82, 2.24) is 14.5 Å². The summed E-state index contributed by atoms with van der Waals surface area (Å²) in [6, 6.07) is 6.25. The molecule has 0 N–H and O–H groups in total. The number of rotatable bonds is 0. The molecule has 20 heavy (non-hydrogen) atoms. The number of imidazole rings is 1. The highest BCUT2D eigenvalue weighted by Crippen LogP contribution is 2.38. The number of pyridine rings is 2. The van der Waals surface area contributed by atoms with Crippen LogP contribution < -0.4 is 4.57 Å². The monoisotopic (exact) mass is 279 g/mol. The van der Waals surface area contributed by atoms with Gasteiger partial charge in [-0.15, -0.1) is 0 Å². The molecule has 0 aliphatic carbocycles. The van der Waals surface area contributed by atoms with Crippen molar-refractivity contribution in [3.8, 4) is 11.4 Å². The fourth-order valence-corrected chi connectivity index (χ4v) is 4.31.